The van der Waals surface area contributed by atoms with Gasteiger partial charge < -0.3 is 15.0 Å². The summed E-state index contributed by atoms with van der Waals surface area (Å²) in [6.07, 6.45) is 0.457. The number of aromatic amines is 1. The summed E-state index contributed by atoms with van der Waals surface area (Å²) in [6, 6.07) is 10.3. The second-order valence-corrected chi connectivity index (χ2v) is 10.4. The highest BCUT2D eigenvalue weighted by molar-refractivity contribution is 7.91. The smallest absolute Gasteiger partial charge is 0.258 e. The summed E-state index contributed by atoms with van der Waals surface area (Å²) in [6.45, 7) is 1.72. The molecule has 0 aliphatic carbocycles. The zero-order valence-corrected chi connectivity index (χ0v) is 18.3. The minimum Gasteiger partial charge on any atom is -0.379 e. The fourth-order valence-corrected chi connectivity index (χ4v) is 6.12. The van der Waals surface area contributed by atoms with Gasteiger partial charge in [0.15, 0.2) is 0 Å². The maximum atomic E-state index is 12.7. The Morgan fingerprint density at radius 1 is 1.19 bits per heavy atom. The van der Waals surface area contributed by atoms with Gasteiger partial charge in [0.1, 0.15) is 10.0 Å². The highest BCUT2D eigenvalue weighted by Gasteiger charge is 2.27. The first-order valence-corrected chi connectivity index (χ1v) is 12.1. The van der Waals surface area contributed by atoms with Crippen LogP contribution in [0.15, 0.2) is 45.4 Å². The third kappa shape index (κ3) is 5.01. The number of benzene rings is 1. The summed E-state index contributed by atoms with van der Waals surface area (Å²) in [5.74, 6) is 0.246. The normalized spacial score (nSPS) is 15.2. The lowest BCUT2D eigenvalue weighted by molar-refractivity contribution is -0.121. The van der Waals surface area contributed by atoms with Crippen LogP contribution in [0.5, 0.6) is 0 Å². The van der Waals surface area contributed by atoms with Crippen molar-refractivity contribution in [3.05, 3.63) is 57.5 Å². The van der Waals surface area contributed by atoms with Crippen molar-refractivity contribution in [2.45, 2.75) is 23.6 Å². The summed E-state index contributed by atoms with van der Waals surface area (Å²) >= 11 is 1.15. The summed E-state index contributed by atoms with van der Waals surface area (Å²) in [7, 11) is -3.53. The molecule has 0 radical (unpaired) electrons. The summed E-state index contributed by atoms with van der Waals surface area (Å²) in [4.78, 5) is 32.2. The standard InChI is InChI=1S/C20H22N4O5S2/c25-18(7-6-17-22-16-4-2-1-3-15(16)20(26)23-17)21-13-14-5-8-19(30-14)31(27,28)24-9-11-29-12-10-24/h1-5,8H,6-7,9-13H2,(H,21,25)(H,22,23,26). The van der Waals surface area contributed by atoms with Gasteiger partial charge in [0.05, 0.1) is 30.7 Å². The van der Waals surface area contributed by atoms with Gasteiger partial charge in [-0.15, -0.1) is 11.3 Å². The monoisotopic (exact) mass is 462 g/mol. The number of H-pyrrole nitrogens is 1. The molecular formula is C20H22N4O5S2. The van der Waals surface area contributed by atoms with Gasteiger partial charge in [-0.3, -0.25) is 9.59 Å². The quantitative estimate of drug-likeness (QED) is 0.545. The van der Waals surface area contributed by atoms with Crippen molar-refractivity contribution in [2.75, 3.05) is 26.3 Å². The molecular weight excluding hydrogens is 440 g/mol. The number of aromatic nitrogens is 2. The Morgan fingerprint density at radius 2 is 1.97 bits per heavy atom. The van der Waals surface area contributed by atoms with Crippen molar-refractivity contribution in [3.63, 3.8) is 0 Å². The zero-order chi connectivity index (χ0) is 21.8. The van der Waals surface area contributed by atoms with Crippen molar-refractivity contribution in [1.29, 1.82) is 0 Å². The number of nitrogens with zero attached hydrogens (tertiary/aromatic N) is 2. The average molecular weight is 463 g/mol. The molecule has 1 amide bonds. The fraction of sp³-hybridized carbons (Fsp3) is 0.350. The number of nitrogens with one attached hydrogen (secondary N) is 2. The number of amides is 1. The van der Waals surface area contributed by atoms with E-state index < -0.39 is 10.0 Å². The van der Waals surface area contributed by atoms with Crippen molar-refractivity contribution in [2.24, 2.45) is 0 Å². The molecule has 31 heavy (non-hydrogen) atoms. The number of ether oxygens (including phenoxy) is 1. The summed E-state index contributed by atoms with van der Waals surface area (Å²) in [5, 5.41) is 3.30. The van der Waals surface area contributed by atoms with Crippen LogP contribution in [-0.4, -0.2) is 54.9 Å². The lowest BCUT2D eigenvalue weighted by Crippen LogP contribution is -2.40. The number of carbonyl (C=O) groups is 1. The molecule has 11 heteroatoms. The molecule has 164 valence electrons. The molecule has 0 saturated carbocycles. The number of hydrogen-bond donors (Lipinski definition) is 2. The van der Waals surface area contributed by atoms with Gasteiger partial charge >= 0.3 is 0 Å². The highest BCUT2D eigenvalue weighted by atomic mass is 32.2. The minimum absolute atomic E-state index is 0.158. The summed E-state index contributed by atoms with van der Waals surface area (Å²) < 4.78 is 32.2. The maximum Gasteiger partial charge on any atom is 0.258 e. The van der Waals surface area contributed by atoms with Gasteiger partial charge in [-0.1, -0.05) is 12.1 Å². The molecule has 1 aliphatic heterocycles. The molecule has 3 aromatic rings. The first-order chi connectivity index (χ1) is 14.9. The molecule has 2 aromatic heterocycles. The largest absolute Gasteiger partial charge is 0.379 e. The third-order valence-electron chi connectivity index (χ3n) is 4.91. The number of sulfonamides is 1. The van der Waals surface area contributed by atoms with E-state index in [1.54, 1.807) is 36.4 Å². The third-order valence-corrected chi connectivity index (χ3v) is 8.36. The van der Waals surface area contributed by atoms with Crippen LogP contribution in [0.1, 0.15) is 17.1 Å². The van der Waals surface area contributed by atoms with Crippen LogP contribution >= 0.6 is 11.3 Å². The van der Waals surface area contributed by atoms with Gasteiger partial charge in [-0.2, -0.15) is 4.31 Å². The van der Waals surface area contributed by atoms with Crippen molar-refractivity contribution in [3.8, 4) is 0 Å². The van der Waals surface area contributed by atoms with Crippen LogP contribution in [0, 0.1) is 0 Å². The Hall–Kier alpha value is -2.60. The molecule has 1 fully saturated rings. The Kier molecular flexibility index (Phi) is 6.46. The van der Waals surface area contributed by atoms with Crippen LogP contribution in [-0.2, 0) is 32.5 Å². The molecule has 0 unspecified atom stereocenters. The minimum atomic E-state index is -3.53. The number of aryl methyl sites for hydroxylation is 1. The number of morpholine rings is 1. The lowest BCUT2D eigenvalue weighted by Gasteiger charge is -2.25. The van der Waals surface area contributed by atoms with Gasteiger partial charge in [0.25, 0.3) is 15.6 Å². The van der Waals surface area contributed by atoms with Crippen molar-refractivity contribution in [1.82, 2.24) is 19.6 Å². The van der Waals surface area contributed by atoms with Crippen LogP contribution < -0.4 is 10.9 Å². The molecule has 0 atom stereocenters. The van der Waals surface area contributed by atoms with Gasteiger partial charge in [0.2, 0.25) is 5.91 Å². The van der Waals surface area contributed by atoms with E-state index in [4.69, 9.17) is 4.74 Å². The number of thiophene rings is 1. The topological polar surface area (TPSA) is 121 Å². The van der Waals surface area contributed by atoms with E-state index in [1.165, 1.54) is 4.31 Å². The fourth-order valence-electron chi connectivity index (χ4n) is 3.27. The molecule has 3 heterocycles. The second-order valence-electron chi connectivity index (χ2n) is 7.04. The predicted octanol–water partition coefficient (Wildman–Crippen LogP) is 1.25. The van der Waals surface area contributed by atoms with E-state index in [9.17, 15) is 18.0 Å². The van der Waals surface area contributed by atoms with E-state index in [2.05, 4.69) is 15.3 Å². The Labute approximate surface area is 183 Å². The lowest BCUT2D eigenvalue weighted by atomic mass is 10.2. The highest BCUT2D eigenvalue weighted by Crippen LogP contribution is 2.25. The van der Waals surface area contributed by atoms with Gasteiger partial charge in [-0.25, -0.2) is 13.4 Å². The Balaban J connectivity index is 1.32. The zero-order valence-electron chi connectivity index (χ0n) is 16.7. The van der Waals surface area contributed by atoms with Crippen molar-refractivity contribution >= 4 is 38.2 Å². The molecule has 4 rings (SSSR count). The average Bonchev–Trinajstić information content (AvgIpc) is 3.27. The van der Waals surface area contributed by atoms with Gasteiger partial charge in [0, 0.05) is 30.8 Å². The van der Waals surface area contributed by atoms with Crippen LogP contribution in [0.4, 0.5) is 0 Å². The van der Waals surface area contributed by atoms with Crippen LogP contribution in [0.25, 0.3) is 10.9 Å². The van der Waals surface area contributed by atoms with Crippen LogP contribution in [0.2, 0.25) is 0 Å². The number of hydrogen-bond acceptors (Lipinski definition) is 7. The maximum absolute atomic E-state index is 12.7. The van der Waals surface area contributed by atoms with E-state index in [0.717, 1.165) is 16.2 Å². The number of para-hydroxylation sites is 1. The molecule has 0 bridgehead atoms. The summed E-state index contributed by atoms with van der Waals surface area (Å²) in [5.41, 5.74) is 0.364. The number of rotatable bonds is 7. The first kappa shape index (κ1) is 21.6. The molecule has 1 aromatic carbocycles. The van der Waals surface area contributed by atoms with Crippen molar-refractivity contribution < 1.29 is 17.9 Å². The number of fused-ring (bicyclic) bond motifs is 1. The first-order valence-electron chi connectivity index (χ1n) is 9.85. The van der Waals surface area contributed by atoms with E-state index in [0.29, 0.717) is 49.5 Å². The second kappa shape index (κ2) is 9.27. The molecule has 2 N–H and O–H groups in total. The Bertz CT molecular complexity index is 1250. The van der Waals surface area contributed by atoms with E-state index in [-0.39, 0.29) is 28.6 Å². The van der Waals surface area contributed by atoms with E-state index >= 15 is 0 Å². The van der Waals surface area contributed by atoms with E-state index in [1.807, 2.05) is 0 Å². The number of carbonyl (C=O) groups excluding carboxylic acids is 1. The van der Waals surface area contributed by atoms with Gasteiger partial charge in [-0.05, 0) is 24.3 Å². The Morgan fingerprint density at radius 3 is 2.77 bits per heavy atom. The molecule has 9 nitrogen and oxygen atoms in total. The van der Waals surface area contributed by atoms with Crippen LogP contribution in [0.3, 0.4) is 0 Å². The molecule has 1 saturated heterocycles. The predicted molar refractivity (Wildman–Crippen MR) is 116 cm³/mol. The molecule has 1 aliphatic rings. The molecule has 0 spiro atoms. The SMILES string of the molecule is O=C(CCc1nc2ccccc2c(=O)[nH]1)NCc1ccc(S(=O)(=O)N2CCOCC2)s1.